The number of nitriles is 1. The van der Waals surface area contributed by atoms with Crippen LogP contribution in [0.4, 0.5) is 0 Å². The van der Waals surface area contributed by atoms with Crippen molar-refractivity contribution in [2.45, 2.75) is 31.4 Å². The zero-order chi connectivity index (χ0) is 14.5. The Balaban J connectivity index is 1.99. The van der Waals surface area contributed by atoms with Crippen molar-refractivity contribution in [2.75, 3.05) is 6.61 Å². The van der Waals surface area contributed by atoms with Crippen LogP contribution < -0.4 is 5.32 Å². The van der Waals surface area contributed by atoms with Gasteiger partial charge in [0.05, 0.1) is 28.6 Å². The minimum absolute atomic E-state index is 0.0388. The lowest BCUT2D eigenvalue weighted by molar-refractivity contribution is -0.123. The van der Waals surface area contributed by atoms with E-state index < -0.39 is 6.04 Å². The molecule has 1 aliphatic rings. The van der Waals surface area contributed by atoms with Crippen LogP contribution >= 0.6 is 23.2 Å². The van der Waals surface area contributed by atoms with E-state index in [1.54, 1.807) is 18.2 Å². The predicted octanol–water partition coefficient (Wildman–Crippen LogP) is 3.24. The third-order valence-electron chi connectivity index (χ3n) is 3.15. The van der Waals surface area contributed by atoms with Crippen LogP contribution in [0.5, 0.6) is 0 Å². The molecule has 1 heterocycles. The van der Waals surface area contributed by atoms with Crippen LogP contribution in [0.25, 0.3) is 0 Å². The number of hydrogen-bond acceptors (Lipinski definition) is 3. The van der Waals surface area contributed by atoms with Gasteiger partial charge in [0.2, 0.25) is 5.91 Å². The summed E-state index contributed by atoms with van der Waals surface area (Å²) in [6.45, 7) is 0.701. The number of benzene rings is 1. The van der Waals surface area contributed by atoms with Gasteiger partial charge in [0.25, 0.3) is 0 Å². The van der Waals surface area contributed by atoms with Gasteiger partial charge in [-0.05, 0) is 30.5 Å². The van der Waals surface area contributed by atoms with E-state index >= 15 is 0 Å². The van der Waals surface area contributed by atoms with E-state index in [1.165, 1.54) is 0 Å². The second-order valence-electron chi connectivity index (χ2n) is 4.64. The summed E-state index contributed by atoms with van der Waals surface area (Å²) >= 11 is 11.7. The molecule has 20 heavy (non-hydrogen) atoms. The molecule has 2 atom stereocenters. The fourth-order valence-corrected chi connectivity index (χ4v) is 2.42. The van der Waals surface area contributed by atoms with Gasteiger partial charge in [-0.2, -0.15) is 5.26 Å². The average molecular weight is 313 g/mol. The molecule has 0 unspecified atom stereocenters. The summed E-state index contributed by atoms with van der Waals surface area (Å²) in [5, 5.41) is 12.6. The first-order valence-corrected chi connectivity index (χ1v) is 7.11. The number of carbonyl (C=O) groups is 1. The predicted molar refractivity (Wildman–Crippen MR) is 76.5 cm³/mol. The highest BCUT2D eigenvalue weighted by molar-refractivity contribution is 6.42. The van der Waals surface area contributed by atoms with E-state index in [1.807, 2.05) is 6.07 Å². The number of halogens is 2. The SMILES string of the molecule is N#C[C@@H](NC(=O)C[C@H]1CCCO1)c1ccc(Cl)c(Cl)c1. The Morgan fingerprint density at radius 1 is 1.50 bits per heavy atom. The Morgan fingerprint density at radius 3 is 2.90 bits per heavy atom. The van der Waals surface area contributed by atoms with Gasteiger partial charge < -0.3 is 10.1 Å². The molecule has 1 aliphatic heterocycles. The van der Waals surface area contributed by atoms with Crippen molar-refractivity contribution in [1.29, 1.82) is 5.26 Å². The molecule has 1 N–H and O–H groups in total. The molecule has 6 heteroatoms. The van der Waals surface area contributed by atoms with Crippen molar-refractivity contribution < 1.29 is 9.53 Å². The minimum atomic E-state index is -0.737. The van der Waals surface area contributed by atoms with Gasteiger partial charge in [-0.1, -0.05) is 29.3 Å². The standard InChI is InChI=1S/C14H14Cl2N2O2/c15-11-4-3-9(6-12(11)16)13(8-17)18-14(19)7-10-2-1-5-20-10/h3-4,6,10,13H,1-2,5,7H2,(H,18,19)/t10-,13-/m1/s1. The molecular formula is C14H14Cl2N2O2. The van der Waals surface area contributed by atoms with Gasteiger partial charge >= 0.3 is 0 Å². The van der Waals surface area contributed by atoms with Crippen LogP contribution in [0.2, 0.25) is 10.0 Å². The van der Waals surface area contributed by atoms with Gasteiger partial charge in [0.1, 0.15) is 6.04 Å². The van der Waals surface area contributed by atoms with E-state index in [0.29, 0.717) is 22.2 Å². The van der Waals surface area contributed by atoms with Crippen molar-refractivity contribution in [3.8, 4) is 6.07 Å². The Labute approximate surface area is 127 Å². The molecule has 4 nitrogen and oxygen atoms in total. The lowest BCUT2D eigenvalue weighted by Crippen LogP contribution is -2.30. The minimum Gasteiger partial charge on any atom is -0.378 e. The van der Waals surface area contributed by atoms with E-state index in [4.69, 9.17) is 27.9 Å². The van der Waals surface area contributed by atoms with Crippen molar-refractivity contribution in [1.82, 2.24) is 5.32 Å². The molecule has 1 amide bonds. The molecule has 106 valence electrons. The molecule has 0 aliphatic carbocycles. The molecule has 1 aromatic carbocycles. The maximum Gasteiger partial charge on any atom is 0.223 e. The first-order valence-electron chi connectivity index (χ1n) is 6.35. The quantitative estimate of drug-likeness (QED) is 0.928. The lowest BCUT2D eigenvalue weighted by Gasteiger charge is -2.14. The van der Waals surface area contributed by atoms with Crippen LogP contribution in [0.3, 0.4) is 0 Å². The largest absolute Gasteiger partial charge is 0.378 e. The van der Waals surface area contributed by atoms with E-state index in [-0.39, 0.29) is 18.4 Å². The Kier molecular flexibility index (Phi) is 5.24. The first-order chi connectivity index (χ1) is 9.60. The number of nitrogens with one attached hydrogen (secondary N) is 1. The molecule has 0 saturated carbocycles. The van der Waals surface area contributed by atoms with Crippen molar-refractivity contribution in [2.24, 2.45) is 0 Å². The third-order valence-corrected chi connectivity index (χ3v) is 3.89. The lowest BCUT2D eigenvalue weighted by atomic mass is 10.1. The van der Waals surface area contributed by atoms with Crippen molar-refractivity contribution in [3.63, 3.8) is 0 Å². The molecule has 2 rings (SSSR count). The normalized spacial score (nSPS) is 19.4. The summed E-state index contributed by atoms with van der Waals surface area (Å²) in [4.78, 5) is 11.9. The van der Waals surface area contributed by atoms with E-state index in [0.717, 1.165) is 12.8 Å². The molecule has 0 bridgehead atoms. The highest BCUT2D eigenvalue weighted by atomic mass is 35.5. The molecule has 1 fully saturated rings. The Hall–Kier alpha value is -1.28. The molecule has 1 aromatic rings. The topological polar surface area (TPSA) is 62.1 Å². The molecule has 0 spiro atoms. The number of ether oxygens (including phenoxy) is 1. The fourth-order valence-electron chi connectivity index (χ4n) is 2.11. The zero-order valence-electron chi connectivity index (χ0n) is 10.7. The number of hydrogen-bond donors (Lipinski definition) is 1. The fraction of sp³-hybridized carbons (Fsp3) is 0.429. The van der Waals surface area contributed by atoms with Crippen molar-refractivity contribution >= 4 is 29.1 Å². The highest BCUT2D eigenvalue weighted by Gasteiger charge is 2.21. The average Bonchev–Trinajstić information content (AvgIpc) is 2.92. The van der Waals surface area contributed by atoms with Crippen molar-refractivity contribution in [3.05, 3.63) is 33.8 Å². The maximum atomic E-state index is 11.9. The van der Waals surface area contributed by atoms with E-state index in [2.05, 4.69) is 5.32 Å². The number of amides is 1. The monoisotopic (exact) mass is 312 g/mol. The second-order valence-corrected chi connectivity index (χ2v) is 5.46. The van der Waals surface area contributed by atoms with Gasteiger partial charge in [-0.3, -0.25) is 4.79 Å². The maximum absolute atomic E-state index is 11.9. The third kappa shape index (κ3) is 3.86. The van der Waals surface area contributed by atoms with Gasteiger partial charge in [-0.15, -0.1) is 0 Å². The smallest absolute Gasteiger partial charge is 0.223 e. The second kappa shape index (κ2) is 6.94. The Bertz CT molecular complexity index is 536. The molecular weight excluding hydrogens is 299 g/mol. The highest BCUT2D eigenvalue weighted by Crippen LogP contribution is 2.25. The molecule has 0 radical (unpaired) electrons. The van der Waals surface area contributed by atoms with Crippen LogP contribution in [0.15, 0.2) is 18.2 Å². The van der Waals surface area contributed by atoms with Gasteiger partial charge in [0, 0.05) is 6.61 Å². The molecule has 0 aromatic heterocycles. The number of nitrogens with zero attached hydrogens (tertiary/aromatic N) is 1. The Morgan fingerprint density at radius 2 is 2.30 bits per heavy atom. The van der Waals surface area contributed by atoms with Gasteiger partial charge in [0.15, 0.2) is 0 Å². The number of rotatable bonds is 4. The van der Waals surface area contributed by atoms with Crippen LogP contribution in [-0.2, 0) is 9.53 Å². The van der Waals surface area contributed by atoms with Crippen LogP contribution in [0.1, 0.15) is 30.9 Å². The van der Waals surface area contributed by atoms with Crippen LogP contribution in [0, 0.1) is 11.3 Å². The summed E-state index contributed by atoms with van der Waals surface area (Å²) < 4.78 is 5.40. The summed E-state index contributed by atoms with van der Waals surface area (Å²) in [6.07, 6.45) is 2.10. The first kappa shape index (κ1) is 15.1. The summed E-state index contributed by atoms with van der Waals surface area (Å²) in [7, 11) is 0. The summed E-state index contributed by atoms with van der Waals surface area (Å²) in [5.74, 6) is -0.200. The zero-order valence-corrected chi connectivity index (χ0v) is 12.2. The summed E-state index contributed by atoms with van der Waals surface area (Å²) in [6, 6.07) is 6.18. The number of carbonyl (C=O) groups excluding carboxylic acids is 1. The molecule has 1 saturated heterocycles. The van der Waals surface area contributed by atoms with Crippen LogP contribution in [-0.4, -0.2) is 18.6 Å². The van der Waals surface area contributed by atoms with Gasteiger partial charge in [-0.25, -0.2) is 0 Å². The summed E-state index contributed by atoms with van der Waals surface area (Å²) in [5.41, 5.74) is 0.614. The van der Waals surface area contributed by atoms with E-state index in [9.17, 15) is 10.1 Å².